The minimum absolute atomic E-state index is 0.446. The number of aromatic nitrogens is 3. The van der Waals surface area contributed by atoms with Crippen LogP contribution in [0.5, 0.6) is 0 Å². The van der Waals surface area contributed by atoms with Gasteiger partial charge in [-0.3, -0.25) is 10.1 Å². The van der Waals surface area contributed by atoms with E-state index in [4.69, 9.17) is 0 Å². The van der Waals surface area contributed by atoms with Crippen LogP contribution >= 0.6 is 0 Å². The number of nitrogens with one attached hydrogen (secondary N) is 2. The fraction of sp³-hybridized carbons (Fsp3) is 0.467. The van der Waals surface area contributed by atoms with Gasteiger partial charge in [0, 0.05) is 11.9 Å². The van der Waals surface area contributed by atoms with E-state index in [2.05, 4.69) is 33.5 Å². The van der Waals surface area contributed by atoms with Crippen LogP contribution in [0, 0.1) is 6.92 Å². The topological polar surface area (TPSA) is 53.6 Å². The second kappa shape index (κ2) is 5.53. The fourth-order valence-corrected chi connectivity index (χ4v) is 2.79. The molecule has 2 aromatic rings. The number of rotatable bonds is 5. The summed E-state index contributed by atoms with van der Waals surface area (Å²) >= 11 is 0. The number of aromatic amines is 1. The van der Waals surface area contributed by atoms with Crippen molar-refractivity contribution >= 4 is 0 Å². The zero-order valence-corrected chi connectivity index (χ0v) is 11.3. The Morgan fingerprint density at radius 2 is 2.42 bits per heavy atom. The van der Waals surface area contributed by atoms with E-state index in [9.17, 15) is 0 Å². The van der Waals surface area contributed by atoms with E-state index in [1.165, 1.54) is 28.9 Å². The average Bonchev–Trinajstić information content (AvgIpc) is 3.02. The van der Waals surface area contributed by atoms with Gasteiger partial charge < -0.3 is 5.32 Å². The lowest BCUT2D eigenvalue weighted by molar-refractivity contribution is 0.512. The van der Waals surface area contributed by atoms with E-state index in [-0.39, 0.29) is 0 Å². The van der Waals surface area contributed by atoms with Crippen molar-refractivity contribution in [1.82, 2.24) is 20.5 Å². The zero-order valence-electron chi connectivity index (χ0n) is 11.3. The molecule has 2 aromatic heterocycles. The predicted octanol–water partition coefficient (Wildman–Crippen LogP) is 2.32. The van der Waals surface area contributed by atoms with Crippen molar-refractivity contribution < 1.29 is 0 Å². The molecular formula is C15H20N4. The van der Waals surface area contributed by atoms with Gasteiger partial charge in [-0.05, 0) is 56.3 Å². The van der Waals surface area contributed by atoms with Crippen molar-refractivity contribution in [1.29, 1.82) is 0 Å². The van der Waals surface area contributed by atoms with Crippen molar-refractivity contribution in [3.8, 4) is 0 Å². The molecule has 0 aromatic carbocycles. The van der Waals surface area contributed by atoms with Gasteiger partial charge in [-0.25, -0.2) is 0 Å². The Morgan fingerprint density at radius 3 is 3.26 bits per heavy atom. The van der Waals surface area contributed by atoms with Gasteiger partial charge in [-0.2, -0.15) is 5.10 Å². The van der Waals surface area contributed by atoms with Gasteiger partial charge in [0.05, 0.1) is 17.9 Å². The Labute approximate surface area is 113 Å². The summed E-state index contributed by atoms with van der Waals surface area (Å²) in [5.41, 5.74) is 5.17. The van der Waals surface area contributed by atoms with Crippen LogP contribution in [0.15, 0.2) is 24.5 Å². The van der Waals surface area contributed by atoms with Crippen molar-refractivity contribution in [3.63, 3.8) is 0 Å². The molecule has 100 valence electrons. The average molecular weight is 256 g/mol. The SMILES string of the molecule is Cc1[nH]ncc1CCCNC1CCc2cccnc21. The zero-order chi connectivity index (χ0) is 13.1. The van der Waals surface area contributed by atoms with Crippen LogP contribution in [-0.2, 0) is 12.8 Å². The summed E-state index contributed by atoms with van der Waals surface area (Å²) in [6.07, 6.45) is 8.38. The molecule has 19 heavy (non-hydrogen) atoms. The first-order valence-corrected chi connectivity index (χ1v) is 7.00. The summed E-state index contributed by atoms with van der Waals surface area (Å²) in [4.78, 5) is 4.51. The van der Waals surface area contributed by atoms with E-state index < -0.39 is 0 Å². The van der Waals surface area contributed by atoms with Crippen LogP contribution in [-0.4, -0.2) is 21.7 Å². The first kappa shape index (κ1) is 12.4. The molecule has 2 heterocycles. The number of hydrogen-bond donors (Lipinski definition) is 2. The molecule has 0 radical (unpaired) electrons. The first-order chi connectivity index (χ1) is 9.34. The van der Waals surface area contributed by atoms with Crippen molar-refractivity contribution in [3.05, 3.63) is 47.0 Å². The number of nitrogens with zero attached hydrogens (tertiary/aromatic N) is 2. The Morgan fingerprint density at radius 1 is 1.47 bits per heavy atom. The van der Waals surface area contributed by atoms with E-state index in [1.54, 1.807) is 0 Å². The molecule has 0 saturated carbocycles. The van der Waals surface area contributed by atoms with E-state index in [0.29, 0.717) is 6.04 Å². The van der Waals surface area contributed by atoms with E-state index in [0.717, 1.165) is 25.8 Å². The largest absolute Gasteiger partial charge is 0.309 e. The quantitative estimate of drug-likeness (QED) is 0.807. The maximum absolute atomic E-state index is 4.51. The number of hydrogen-bond acceptors (Lipinski definition) is 3. The third-order valence-corrected chi connectivity index (χ3v) is 3.91. The molecule has 0 fully saturated rings. The van der Waals surface area contributed by atoms with Gasteiger partial charge in [0.1, 0.15) is 0 Å². The highest BCUT2D eigenvalue weighted by molar-refractivity contribution is 5.27. The fourth-order valence-electron chi connectivity index (χ4n) is 2.79. The second-order valence-electron chi connectivity index (χ2n) is 5.22. The molecule has 2 N–H and O–H groups in total. The highest BCUT2D eigenvalue weighted by Crippen LogP contribution is 2.28. The van der Waals surface area contributed by atoms with E-state index in [1.807, 2.05) is 18.5 Å². The first-order valence-electron chi connectivity index (χ1n) is 7.00. The van der Waals surface area contributed by atoms with Gasteiger partial charge in [-0.15, -0.1) is 0 Å². The molecule has 1 aliphatic carbocycles. The van der Waals surface area contributed by atoms with Crippen LogP contribution in [0.25, 0.3) is 0 Å². The molecule has 0 amide bonds. The summed E-state index contributed by atoms with van der Waals surface area (Å²) in [6, 6.07) is 4.67. The minimum Gasteiger partial charge on any atom is -0.309 e. The minimum atomic E-state index is 0.446. The van der Waals surface area contributed by atoms with Crippen LogP contribution in [0.3, 0.4) is 0 Å². The Kier molecular flexibility index (Phi) is 3.60. The van der Waals surface area contributed by atoms with Gasteiger partial charge >= 0.3 is 0 Å². The third-order valence-electron chi connectivity index (χ3n) is 3.91. The number of aryl methyl sites for hydroxylation is 3. The highest BCUT2D eigenvalue weighted by Gasteiger charge is 2.22. The monoisotopic (exact) mass is 256 g/mol. The Hall–Kier alpha value is -1.68. The highest BCUT2D eigenvalue weighted by atomic mass is 15.1. The summed E-state index contributed by atoms with van der Waals surface area (Å²) in [5.74, 6) is 0. The lowest BCUT2D eigenvalue weighted by Crippen LogP contribution is -2.21. The standard InChI is InChI=1S/C15H20N4/c1-11-13(10-18-19-11)5-3-8-16-14-7-6-12-4-2-9-17-15(12)14/h2,4,9-10,14,16H,3,5-8H2,1H3,(H,18,19). The molecular weight excluding hydrogens is 236 g/mol. The van der Waals surface area contributed by atoms with Crippen molar-refractivity contribution in [2.45, 2.75) is 38.6 Å². The predicted molar refractivity (Wildman–Crippen MR) is 74.9 cm³/mol. The molecule has 3 rings (SSSR count). The Bertz CT molecular complexity index is 547. The molecule has 0 bridgehead atoms. The second-order valence-corrected chi connectivity index (χ2v) is 5.22. The summed E-state index contributed by atoms with van der Waals surface area (Å²) in [7, 11) is 0. The number of pyridine rings is 1. The van der Waals surface area contributed by atoms with Crippen LogP contribution in [0.2, 0.25) is 0 Å². The molecule has 4 nitrogen and oxygen atoms in total. The summed E-state index contributed by atoms with van der Waals surface area (Å²) < 4.78 is 0. The van der Waals surface area contributed by atoms with Gasteiger partial charge in [0.15, 0.2) is 0 Å². The Balaban J connectivity index is 1.48. The molecule has 0 aliphatic heterocycles. The van der Waals surface area contributed by atoms with E-state index >= 15 is 0 Å². The van der Waals surface area contributed by atoms with Crippen molar-refractivity contribution in [2.75, 3.05) is 6.54 Å². The lowest BCUT2D eigenvalue weighted by atomic mass is 10.1. The lowest BCUT2D eigenvalue weighted by Gasteiger charge is -2.12. The molecule has 0 spiro atoms. The van der Waals surface area contributed by atoms with Gasteiger partial charge in [-0.1, -0.05) is 6.07 Å². The van der Waals surface area contributed by atoms with Crippen LogP contribution < -0.4 is 5.32 Å². The van der Waals surface area contributed by atoms with Crippen LogP contribution in [0.1, 0.15) is 41.4 Å². The maximum atomic E-state index is 4.51. The molecule has 4 heteroatoms. The molecule has 0 saturated heterocycles. The number of H-pyrrole nitrogens is 1. The maximum Gasteiger partial charge on any atom is 0.0605 e. The van der Waals surface area contributed by atoms with Gasteiger partial charge in [0.25, 0.3) is 0 Å². The van der Waals surface area contributed by atoms with Crippen molar-refractivity contribution in [2.24, 2.45) is 0 Å². The number of fused-ring (bicyclic) bond motifs is 1. The molecule has 1 atom stereocenters. The van der Waals surface area contributed by atoms with Crippen LogP contribution in [0.4, 0.5) is 0 Å². The smallest absolute Gasteiger partial charge is 0.0605 e. The normalized spacial score (nSPS) is 17.6. The summed E-state index contributed by atoms with van der Waals surface area (Å²) in [6.45, 7) is 3.11. The molecule has 1 aliphatic rings. The third kappa shape index (κ3) is 2.68. The molecule has 1 unspecified atom stereocenters. The van der Waals surface area contributed by atoms with Gasteiger partial charge in [0.2, 0.25) is 0 Å². The summed E-state index contributed by atoms with van der Waals surface area (Å²) in [5, 5.41) is 10.7.